The molecule has 1 aliphatic rings. The van der Waals surface area contributed by atoms with Crippen molar-refractivity contribution in [1.82, 2.24) is 0 Å². The fourth-order valence-electron chi connectivity index (χ4n) is 1.28. The number of allylic oxidation sites excluding steroid dienone is 5. The van der Waals surface area contributed by atoms with Crippen LogP contribution in [0, 0.1) is 5.92 Å². The number of carbonyl (C=O) groups excluding carboxylic acids is 1. The van der Waals surface area contributed by atoms with Crippen LogP contribution in [0.15, 0.2) is 47.9 Å². The summed E-state index contributed by atoms with van der Waals surface area (Å²) in [5, 5.41) is 2.00. The summed E-state index contributed by atoms with van der Waals surface area (Å²) in [6.45, 7) is 0. The van der Waals surface area contributed by atoms with E-state index < -0.39 is 0 Å². The molecular weight excluding hydrogens is 192 g/mol. The molecule has 0 radical (unpaired) electrons. The molecule has 0 fully saturated rings. The van der Waals surface area contributed by atoms with Crippen molar-refractivity contribution < 1.29 is 4.79 Å². The van der Waals surface area contributed by atoms with Crippen molar-refractivity contribution in [3.63, 3.8) is 0 Å². The number of carbonyl (C=O) groups is 1. The number of ketones is 1. The van der Waals surface area contributed by atoms with Gasteiger partial charge in [0.2, 0.25) is 0 Å². The topological polar surface area (TPSA) is 17.1 Å². The molecule has 14 heavy (non-hydrogen) atoms. The normalized spacial score (nSPS) is 15.7. The van der Waals surface area contributed by atoms with Crippen LogP contribution in [0.1, 0.15) is 4.88 Å². The fraction of sp³-hybridized carbons (Fsp3) is 0.0833. The second-order valence-electron chi connectivity index (χ2n) is 3.05. The zero-order valence-corrected chi connectivity index (χ0v) is 8.41. The highest BCUT2D eigenvalue weighted by molar-refractivity contribution is 7.10. The molecule has 0 saturated carbocycles. The lowest BCUT2D eigenvalue weighted by atomic mass is 10.1. The van der Waals surface area contributed by atoms with E-state index in [1.165, 1.54) is 0 Å². The Balaban J connectivity index is 2.01. The van der Waals surface area contributed by atoms with Crippen LogP contribution in [-0.4, -0.2) is 5.78 Å². The molecule has 0 unspecified atom stereocenters. The Morgan fingerprint density at radius 2 is 2.14 bits per heavy atom. The SMILES string of the molecule is O=C(C=Cc1cccs1)C1C=CC=C1. The summed E-state index contributed by atoms with van der Waals surface area (Å²) in [7, 11) is 0. The van der Waals surface area contributed by atoms with Crippen molar-refractivity contribution >= 4 is 23.2 Å². The van der Waals surface area contributed by atoms with E-state index >= 15 is 0 Å². The van der Waals surface area contributed by atoms with E-state index in [1.54, 1.807) is 17.4 Å². The van der Waals surface area contributed by atoms with E-state index in [4.69, 9.17) is 0 Å². The van der Waals surface area contributed by atoms with E-state index in [1.807, 2.05) is 47.9 Å². The first-order chi connectivity index (χ1) is 6.86. The molecule has 0 atom stereocenters. The van der Waals surface area contributed by atoms with E-state index in [-0.39, 0.29) is 11.7 Å². The maximum atomic E-state index is 11.6. The summed E-state index contributed by atoms with van der Waals surface area (Å²) < 4.78 is 0. The van der Waals surface area contributed by atoms with Gasteiger partial charge in [-0.15, -0.1) is 11.3 Å². The lowest BCUT2D eigenvalue weighted by Crippen LogP contribution is -2.03. The van der Waals surface area contributed by atoms with Crippen LogP contribution in [-0.2, 0) is 4.79 Å². The van der Waals surface area contributed by atoms with Crippen LogP contribution in [0.2, 0.25) is 0 Å². The number of rotatable bonds is 3. The lowest BCUT2D eigenvalue weighted by Gasteiger charge is -1.96. The highest BCUT2D eigenvalue weighted by Gasteiger charge is 2.10. The molecule has 0 bridgehead atoms. The summed E-state index contributed by atoms with van der Waals surface area (Å²) in [5.41, 5.74) is 0. The number of thiophene rings is 1. The van der Waals surface area contributed by atoms with Gasteiger partial charge in [-0.1, -0.05) is 30.4 Å². The Morgan fingerprint density at radius 3 is 2.79 bits per heavy atom. The zero-order valence-electron chi connectivity index (χ0n) is 7.59. The lowest BCUT2D eigenvalue weighted by molar-refractivity contribution is -0.115. The fourth-order valence-corrected chi connectivity index (χ4v) is 1.90. The quantitative estimate of drug-likeness (QED) is 0.688. The molecule has 0 aromatic carbocycles. The Labute approximate surface area is 87.1 Å². The van der Waals surface area contributed by atoms with E-state index in [9.17, 15) is 4.79 Å². The minimum absolute atomic E-state index is 0.0498. The van der Waals surface area contributed by atoms with Crippen molar-refractivity contribution in [3.8, 4) is 0 Å². The standard InChI is InChI=1S/C12H10OS/c13-12(10-4-1-2-5-10)8-7-11-6-3-9-14-11/h1-10H. The van der Waals surface area contributed by atoms with Gasteiger partial charge in [-0.25, -0.2) is 0 Å². The van der Waals surface area contributed by atoms with Crippen molar-refractivity contribution in [2.45, 2.75) is 0 Å². The average molecular weight is 202 g/mol. The maximum absolute atomic E-state index is 11.6. The summed E-state index contributed by atoms with van der Waals surface area (Å²) >= 11 is 1.63. The minimum atomic E-state index is -0.0498. The third kappa shape index (κ3) is 2.09. The Bertz CT molecular complexity index is 384. The first kappa shape index (κ1) is 9.16. The van der Waals surface area contributed by atoms with Gasteiger partial charge < -0.3 is 0 Å². The molecule has 1 aromatic heterocycles. The smallest absolute Gasteiger partial charge is 0.166 e. The van der Waals surface area contributed by atoms with Crippen LogP contribution < -0.4 is 0 Å². The molecule has 1 nitrogen and oxygen atoms in total. The number of hydrogen-bond donors (Lipinski definition) is 0. The van der Waals surface area contributed by atoms with Crippen LogP contribution >= 0.6 is 11.3 Å². The second-order valence-corrected chi connectivity index (χ2v) is 4.03. The molecule has 0 amide bonds. The average Bonchev–Trinajstić information content (AvgIpc) is 2.87. The molecule has 1 aromatic rings. The molecule has 70 valence electrons. The Hall–Kier alpha value is -1.41. The van der Waals surface area contributed by atoms with Gasteiger partial charge in [0, 0.05) is 4.88 Å². The van der Waals surface area contributed by atoms with Crippen molar-refractivity contribution in [3.05, 3.63) is 52.8 Å². The van der Waals surface area contributed by atoms with Crippen LogP contribution in [0.4, 0.5) is 0 Å². The van der Waals surface area contributed by atoms with Crippen LogP contribution in [0.3, 0.4) is 0 Å². The summed E-state index contributed by atoms with van der Waals surface area (Å²) in [5.74, 6) is 0.0922. The predicted molar refractivity (Wildman–Crippen MR) is 60.1 cm³/mol. The highest BCUT2D eigenvalue weighted by Crippen LogP contribution is 2.14. The molecule has 0 spiro atoms. The van der Waals surface area contributed by atoms with Gasteiger partial charge in [-0.05, 0) is 23.6 Å². The minimum Gasteiger partial charge on any atom is -0.294 e. The van der Waals surface area contributed by atoms with Crippen molar-refractivity contribution in [1.29, 1.82) is 0 Å². The van der Waals surface area contributed by atoms with Gasteiger partial charge in [-0.2, -0.15) is 0 Å². The van der Waals surface area contributed by atoms with Gasteiger partial charge in [0.15, 0.2) is 5.78 Å². The van der Waals surface area contributed by atoms with Gasteiger partial charge in [0.25, 0.3) is 0 Å². The van der Waals surface area contributed by atoms with Gasteiger partial charge in [-0.3, -0.25) is 4.79 Å². The molecule has 2 heteroatoms. The molecule has 1 aliphatic carbocycles. The first-order valence-electron chi connectivity index (χ1n) is 4.47. The van der Waals surface area contributed by atoms with Crippen molar-refractivity contribution in [2.75, 3.05) is 0 Å². The second kappa shape index (κ2) is 4.20. The molecule has 0 N–H and O–H groups in total. The first-order valence-corrected chi connectivity index (χ1v) is 5.34. The van der Waals surface area contributed by atoms with Gasteiger partial charge >= 0.3 is 0 Å². The third-order valence-electron chi connectivity index (χ3n) is 2.03. The largest absolute Gasteiger partial charge is 0.294 e. The highest BCUT2D eigenvalue weighted by atomic mass is 32.1. The van der Waals surface area contributed by atoms with E-state index in [0.29, 0.717) is 0 Å². The molecule has 2 rings (SSSR count). The molecule has 0 aliphatic heterocycles. The molecule has 0 saturated heterocycles. The summed E-state index contributed by atoms with van der Waals surface area (Å²) in [4.78, 5) is 12.7. The maximum Gasteiger partial charge on any atom is 0.166 e. The molecular formula is C12H10OS. The monoisotopic (exact) mass is 202 g/mol. The molecule has 1 heterocycles. The van der Waals surface area contributed by atoms with E-state index in [2.05, 4.69) is 0 Å². The van der Waals surface area contributed by atoms with Gasteiger partial charge in [0.05, 0.1) is 5.92 Å². The van der Waals surface area contributed by atoms with Gasteiger partial charge in [0.1, 0.15) is 0 Å². The third-order valence-corrected chi connectivity index (χ3v) is 2.87. The van der Waals surface area contributed by atoms with Crippen molar-refractivity contribution in [2.24, 2.45) is 5.92 Å². The zero-order chi connectivity index (χ0) is 9.80. The number of hydrogen-bond acceptors (Lipinski definition) is 2. The predicted octanol–water partition coefficient (Wildman–Crippen LogP) is 3.07. The Kier molecular flexibility index (Phi) is 2.75. The Morgan fingerprint density at radius 1 is 1.36 bits per heavy atom. The summed E-state index contributed by atoms with van der Waals surface area (Å²) in [6.07, 6.45) is 11.1. The van der Waals surface area contributed by atoms with Crippen LogP contribution in [0.25, 0.3) is 6.08 Å². The van der Waals surface area contributed by atoms with Crippen LogP contribution in [0.5, 0.6) is 0 Å². The van der Waals surface area contributed by atoms with E-state index in [0.717, 1.165) is 4.88 Å². The summed E-state index contributed by atoms with van der Waals surface area (Å²) in [6, 6.07) is 3.97.